The average Bonchev–Trinajstić information content (AvgIpc) is 2.55. The molecule has 0 atom stereocenters. The molecule has 0 aliphatic carbocycles. The van der Waals surface area contributed by atoms with Gasteiger partial charge in [-0.2, -0.15) is 0 Å². The Labute approximate surface area is 89.2 Å². The van der Waals surface area contributed by atoms with Crippen LogP contribution in [0.4, 0.5) is 9.93 Å². The van der Waals surface area contributed by atoms with Crippen molar-refractivity contribution in [2.24, 2.45) is 0 Å². The molecule has 1 aromatic carbocycles. The maximum absolute atomic E-state index is 11.3. The number of para-hydroxylation sites is 1. The van der Waals surface area contributed by atoms with E-state index in [0.29, 0.717) is 5.13 Å². The summed E-state index contributed by atoms with van der Waals surface area (Å²) in [5.74, 6) is 0. The van der Waals surface area contributed by atoms with Crippen molar-refractivity contribution in [2.45, 2.75) is 0 Å². The van der Waals surface area contributed by atoms with Gasteiger partial charge in [0.15, 0.2) is 5.13 Å². The first-order valence-electron chi connectivity index (χ1n) is 5.39. The van der Waals surface area contributed by atoms with Gasteiger partial charge >= 0.3 is 6.03 Å². The fourth-order valence-corrected chi connectivity index (χ4v) is 1.91. The molecule has 5 heteroatoms. The predicted octanol–water partition coefficient (Wildman–Crippen LogP) is 2.05. The Morgan fingerprint density at radius 1 is 1.57 bits per heavy atom. The molecule has 4 nitrogen and oxygen atoms in total. The summed E-state index contributed by atoms with van der Waals surface area (Å²) in [6, 6.07) is 6.61. The van der Waals surface area contributed by atoms with Crippen molar-refractivity contribution in [2.75, 3.05) is 12.3 Å². The summed E-state index contributed by atoms with van der Waals surface area (Å²) >= 11 is 1.28. The van der Waals surface area contributed by atoms with Gasteiger partial charge in [-0.1, -0.05) is 23.5 Å². The van der Waals surface area contributed by atoms with E-state index in [1.807, 2.05) is 29.6 Å². The second-order valence-electron chi connectivity index (χ2n) is 2.57. The van der Waals surface area contributed by atoms with E-state index in [9.17, 15) is 4.79 Å². The Bertz CT molecular complexity index is 519. The first-order chi connectivity index (χ1) is 7.94. The van der Waals surface area contributed by atoms with Crippen LogP contribution in [0, 0.1) is 0 Å². The monoisotopic (exact) mass is 210 g/mol. The molecule has 0 spiro atoms. The van der Waals surface area contributed by atoms with Gasteiger partial charge in [-0.05, 0) is 12.1 Å². The van der Waals surface area contributed by atoms with Crippen molar-refractivity contribution < 1.29 is 8.91 Å². The highest BCUT2D eigenvalue weighted by atomic mass is 32.1. The molecule has 0 aliphatic heterocycles. The number of nitrogens with zero attached hydrogens (tertiary/aromatic N) is 1. The quantitative estimate of drug-likeness (QED) is 0.756. The number of carbonyl (C=O) groups is 1. The molecular weight excluding hydrogens is 198 g/mol. The molecule has 1 aromatic heterocycles. The normalized spacial score (nSPS) is 14.1. The van der Waals surface area contributed by atoms with Crippen LogP contribution in [0.2, 0.25) is 0 Å². The lowest BCUT2D eigenvalue weighted by Gasteiger charge is -1.97. The molecule has 0 bridgehead atoms. The van der Waals surface area contributed by atoms with E-state index in [-0.39, 0.29) is 0 Å². The topological polar surface area (TPSA) is 54.0 Å². The Morgan fingerprint density at radius 3 is 3.21 bits per heavy atom. The number of rotatable bonds is 1. The number of hydrogen-bond donors (Lipinski definition) is 2. The minimum atomic E-state index is -2.50. The third-order valence-electron chi connectivity index (χ3n) is 1.63. The molecule has 2 N–H and O–H groups in total. The first-order valence-corrected chi connectivity index (χ1v) is 4.70. The van der Waals surface area contributed by atoms with Crippen LogP contribution in [-0.4, -0.2) is 18.0 Å². The smallest absolute Gasteiger partial charge is 0.320 e. The third-order valence-corrected chi connectivity index (χ3v) is 2.58. The van der Waals surface area contributed by atoms with Crippen LogP contribution in [0.1, 0.15) is 4.11 Å². The lowest BCUT2D eigenvalue weighted by Crippen LogP contribution is -2.24. The first kappa shape index (κ1) is 5.98. The van der Waals surface area contributed by atoms with Crippen LogP contribution in [0.5, 0.6) is 0 Å². The minimum Gasteiger partial charge on any atom is -0.341 e. The van der Waals surface area contributed by atoms with Gasteiger partial charge in [0.25, 0.3) is 0 Å². The minimum absolute atomic E-state index is 0.368. The lowest BCUT2D eigenvalue weighted by atomic mass is 10.3. The molecule has 14 heavy (non-hydrogen) atoms. The van der Waals surface area contributed by atoms with Gasteiger partial charge in [-0.15, -0.1) is 0 Å². The number of benzene rings is 1. The second-order valence-corrected chi connectivity index (χ2v) is 3.60. The number of anilines is 1. The zero-order valence-electron chi connectivity index (χ0n) is 10.1. The van der Waals surface area contributed by atoms with Gasteiger partial charge in [-0.3, -0.25) is 5.32 Å². The van der Waals surface area contributed by atoms with E-state index < -0.39 is 13.0 Å². The standard InChI is InChI=1S/C9H9N3OS/c1-10-8(13)12-9-11-6-4-2-3-5-7(6)14-9/h2-5H,1H3,(H2,10,11,12,13)/i1D3. The van der Waals surface area contributed by atoms with Gasteiger partial charge in [0, 0.05) is 11.1 Å². The highest BCUT2D eigenvalue weighted by Gasteiger charge is 2.04. The Hall–Kier alpha value is -1.62. The predicted molar refractivity (Wildman–Crippen MR) is 57.7 cm³/mol. The second kappa shape index (κ2) is 3.63. The van der Waals surface area contributed by atoms with Gasteiger partial charge in [0.05, 0.1) is 10.2 Å². The van der Waals surface area contributed by atoms with Crippen molar-refractivity contribution in [3.63, 3.8) is 0 Å². The van der Waals surface area contributed by atoms with Gasteiger partial charge in [-0.25, -0.2) is 9.78 Å². The fourth-order valence-electron chi connectivity index (χ4n) is 1.05. The van der Waals surface area contributed by atoms with Crippen LogP contribution in [0.15, 0.2) is 24.3 Å². The molecule has 72 valence electrons. The largest absolute Gasteiger partial charge is 0.341 e. The van der Waals surface area contributed by atoms with Gasteiger partial charge in [0.1, 0.15) is 0 Å². The summed E-state index contributed by atoms with van der Waals surface area (Å²) in [6.45, 7) is -2.50. The van der Waals surface area contributed by atoms with Crippen molar-refractivity contribution in [3.8, 4) is 0 Å². The van der Waals surface area contributed by atoms with E-state index in [1.54, 1.807) is 0 Å². The Morgan fingerprint density at radius 2 is 2.43 bits per heavy atom. The van der Waals surface area contributed by atoms with E-state index >= 15 is 0 Å². The Balaban J connectivity index is 2.11. The summed E-state index contributed by atoms with van der Waals surface area (Å²) in [7, 11) is 0. The summed E-state index contributed by atoms with van der Waals surface area (Å²) in [5, 5.41) is 4.58. The van der Waals surface area contributed by atoms with Crippen LogP contribution in [0.25, 0.3) is 10.2 Å². The number of hydrogen-bond acceptors (Lipinski definition) is 3. The van der Waals surface area contributed by atoms with Crippen LogP contribution in [0.3, 0.4) is 0 Å². The summed E-state index contributed by atoms with van der Waals surface area (Å²) in [6.07, 6.45) is 0. The van der Waals surface area contributed by atoms with Gasteiger partial charge < -0.3 is 5.32 Å². The molecule has 0 saturated carbocycles. The zero-order chi connectivity index (χ0) is 12.5. The van der Waals surface area contributed by atoms with Crippen molar-refractivity contribution in [1.29, 1.82) is 0 Å². The molecular formula is C9H9N3OS. The SMILES string of the molecule is [2H]C([2H])([2H])NC(=O)Nc1nc2ccccc2s1. The van der Waals surface area contributed by atoms with E-state index in [4.69, 9.17) is 4.11 Å². The number of aromatic nitrogens is 1. The maximum atomic E-state index is 11.3. The zero-order valence-corrected chi connectivity index (χ0v) is 7.89. The van der Waals surface area contributed by atoms with Crippen LogP contribution in [-0.2, 0) is 0 Å². The molecule has 0 radical (unpaired) electrons. The lowest BCUT2D eigenvalue weighted by molar-refractivity contribution is 0.254. The van der Waals surface area contributed by atoms with Crippen LogP contribution >= 0.6 is 11.3 Å². The van der Waals surface area contributed by atoms with E-state index in [0.717, 1.165) is 10.2 Å². The average molecular weight is 210 g/mol. The Kier molecular flexibility index (Phi) is 1.55. The molecule has 2 rings (SSSR count). The molecule has 0 aliphatic rings. The number of urea groups is 1. The number of carbonyl (C=O) groups excluding carboxylic acids is 1. The highest BCUT2D eigenvalue weighted by molar-refractivity contribution is 7.22. The van der Waals surface area contributed by atoms with E-state index in [1.165, 1.54) is 11.3 Å². The third kappa shape index (κ3) is 1.67. The van der Waals surface area contributed by atoms with Crippen molar-refractivity contribution >= 4 is 32.7 Å². The van der Waals surface area contributed by atoms with Crippen LogP contribution < -0.4 is 10.6 Å². The van der Waals surface area contributed by atoms with E-state index in [2.05, 4.69) is 10.3 Å². The molecule has 0 fully saturated rings. The molecule has 2 amide bonds. The summed E-state index contributed by atoms with van der Waals surface area (Å²) in [4.78, 5) is 15.4. The number of nitrogens with one attached hydrogen (secondary N) is 2. The number of fused-ring (bicyclic) bond motifs is 1. The fraction of sp³-hybridized carbons (Fsp3) is 0.111. The van der Waals surface area contributed by atoms with Crippen molar-refractivity contribution in [1.82, 2.24) is 10.3 Å². The molecule has 0 saturated heterocycles. The summed E-state index contributed by atoms with van der Waals surface area (Å²) < 4.78 is 21.6. The highest BCUT2D eigenvalue weighted by Crippen LogP contribution is 2.24. The maximum Gasteiger partial charge on any atom is 0.320 e. The molecule has 2 aromatic rings. The summed E-state index contributed by atoms with van der Waals surface area (Å²) in [5.41, 5.74) is 0.765. The molecule has 0 unspecified atom stereocenters. The number of amides is 2. The van der Waals surface area contributed by atoms with Gasteiger partial charge in [0.2, 0.25) is 0 Å². The van der Waals surface area contributed by atoms with Crippen molar-refractivity contribution in [3.05, 3.63) is 24.3 Å². The number of thiazole rings is 1. The molecule has 1 heterocycles.